The molecule has 0 saturated heterocycles. The maximum absolute atomic E-state index is 12.0. The lowest BCUT2D eigenvalue weighted by Crippen LogP contribution is -2.25. The summed E-state index contributed by atoms with van der Waals surface area (Å²) in [5.41, 5.74) is 1.06. The van der Waals surface area contributed by atoms with Crippen LogP contribution in [0.3, 0.4) is 0 Å². The van der Waals surface area contributed by atoms with Gasteiger partial charge in [-0.1, -0.05) is 0 Å². The first-order valence-electron chi connectivity index (χ1n) is 5.69. The van der Waals surface area contributed by atoms with Crippen LogP contribution in [0.2, 0.25) is 0 Å². The number of likely N-dealkylation sites (N-methyl/N-ethyl adjacent to an activating group) is 1. The Hall–Kier alpha value is -1.59. The highest BCUT2D eigenvalue weighted by Crippen LogP contribution is 2.16. The van der Waals surface area contributed by atoms with Crippen molar-refractivity contribution in [1.29, 1.82) is 0 Å². The van der Waals surface area contributed by atoms with E-state index in [1.54, 1.807) is 23.7 Å². The fraction of sp³-hybridized carbons (Fsp3) is 0.308. The monoisotopic (exact) mass is 261 g/mol. The van der Waals surface area contributed by atoms with Crippen LogP contribution in [0.25, 0.3) is 0 Å². The molecule has 0 N–H and O–H groups in total. The second kappa shape index (κ2) is 5.84. The highest BCUT2D eigenvalue weighted by Gasteiger charge is 2.11. The van der Waals surface area contributed by atoms with Gasteiger partial charge in [-0.3, -0.25) is 9.69 Å². The summed E-state index contributed by atoms with van der Waals surface area (Å²) in [6, 6.07) is 5.78. The Morgan fingerprint density at radius 1 is 1.33 bits per heavy atom. The van der Waals surface area contributed by atoms with E-state index in [9.17, 15) is 4.79 Å². The zero-order valence-electron chi connectivity index (χ0n) is 10.5. The zero-order valence-corrected chi connectivity index (χ0v) is 11.3. The molecule has 0 fully saturated rings. The standard InChI is InChI=1S/C13H15N3OS/c1-10-3-4-13(18-10)12(17)9-16(2)8-11-5-6-14-15-7-11/h3-7H,8-9H2,1-2H3. The SMILES string of the molecule is Cc1ccc(C(=O)CN(C)Cc2ccnnc2)s1. The molecule has 2 rings (SSSR count). The third kappa shape index (κ3) is 3.45. The van der Waals surface area contributed by atoms with Gasteiger partial charge >= 0.3 is 0 Å². The van der Waals surface area contributed by atoms with E-state index in [1.165, 1.54) is 4.88 Å². The highest BCUT2D eigenvalue weighted by atomic mass is 32.1. The number of Topliss-reactive ketones (excluding diaryl/α,β-unsaturated/α-hetero) is 1. The van der Waals surface area contributed by atoms with Crippen molar-refractivity contribution >= 4 is 17.1 Å². The van der Waals surface area contributed by atoms with E-state index in [0.717, 1.165) is 10.4 Å². The number of thiophene rings is 1. The summed E-state index contributed by atoms with van der Waals surface area (Å²) >= 11 is 1.55. The molecule has 0 saturated carbocycles. The van der Waals surface area contributed by atoms with Gasteiger partial charge in [0, 0.05) is 17.6 Å². The Morgan fingerprint density at radius 3 is 2.78 bits per heavy atom. The first kappa shape index (κ1) is 12.9. The van der Waals surface area contributed by atoms with Crippen LogP contribution in [0.4, 0.5) is 0 Å². The number of nitrogens with zero attached hydrogens (tertiary/aromatic N) is 3. The van der Waals surface area contributed by atoms with E-state index >= 15 is 0 Å². The van der Waals surface area contributed by atoms with Gasteiger partial charge in [0.15, 0.2) is 5.78 Å². The Labute approximate surface area is 110 Å². The average molecular weight is 261 g/mol. The molecule has 0 bridgehead atoms. The largest absolute Gasteiger partial charge is 0.294 e. The molecule has 2 heterocycles. The number of rotatable bonds is 5. The van der Waals surface area contributed by atoms with Crippen molar-refractivity contribution in [2.45, 2.75) is 13.5 Å². The predicted molar refractivity (Wildman–Crippen MR) is 71.8 cm³/mol. The molecule has 2 aromatic rings. The van der Waals surface area contributed by atoms with Crippen LogP contribution >= 0.6 is 11.3 Å². The molecule has 0 aliphatic carbocycles. The third-order valence-electron chi connectivity index (χ3n) is 2.53. The van der Waals surface area contributed by atoms with E-state index in [1.807, 2.05) is 37.1 Å². The molecule has 0 aliphatic heterocycles. The summed E-state index contributed by atoms with van der Waals surface area (Å²) in [5, 5.41) is 7.55. The molecule has 0 unspecified atom stereocenters. The molecule has 0 atom stereocenters. The summed E-state index contributed by atoms with van der Waals surface area (Å²) in [6.45, 7) is 3.13. The lowest BCUT2D eigenvalue weighted by molar-refractivity contribution is 0.0947. The van der Waals surface area contributed by atoms with Crippen LogP contribution in [-0.4, -0.2) is 34.5 Å². The molecule has 18 heavy (non-hydrogen) atoms. The number of ketones is 1. The summed E-state index contributed by atoms with van der Waals surface area (Å²) in [6.07, 6.45) is 3.38. The Bertz CT molecular complexity index is 524. The van der Waals surface area contributed by atoms with Gasteiger partial charge in [0.05, 0.1) is 17.6 Å². The van der Waals surface area contributed by atoms with Crippen molar-refractivity contribution in [2.24, 2.45) is 0 Å². The van der Waals surface area contributed by atoms with E-state index in [-0.39, 0.29) is 5.78 Å². The maximum atomic E-state index is 12.0. The molecule has 94 valence electrons. The highest BCUT2D eigenvalue weighted by molar-refractivity contribution is 7.14. The van der Waals surface area contributed by atoms with Gasteiger partial charge in [-0.05, 0) is 37.7 Å². The zero-order chi connectivity index (χ0) is 13.0. The summed E-state index contributed by atoms with van der Waals surface area (Å²) in [7, 11) is 1.93. The Kier molecular flexibility index (Phi) is 4.17. The second-order valence-electron chi connectivity index (χ2n) is 4.26. The van der Waals surface area contributed by atoms with Crippen molar-refractivity contribution in [3.8, 4) is 0 Å². The van der Waals surface area contributed by atoms with Crippen molar-refractivity contribution in [3.05, 3.63) is 45.9 Å². The summed E-state index contributed by atoms with van der Waals surface area (Å²) in [5.74, 6) is 0.164. The third-order valence-corrected chi connectivity index (χ3v) is 3.57. The van der Waals surface area contributed by atoms with Gasteiger partial charge in [-0.2, -0.15) is 10.2 Å². The number of carbonyl (C=O) groups is 1. The second-order valence-corrected chi connectivity index (χ2v) is 5.54. The van der Waals surface area contributed by atoms with Gasteiger partial charge < -0.3 is 0 Å². The van der Waals surface area contributed by atoms with Gasteiger partial charge in [0.25, 0.3) is 0 Å². The minimum atomic E-state index is 0.164. The first-order valence-corrected chi connectivity index (χ1v) is 6.50. The van der Waals surface area contributed by atoms with E-state index in [4.69, 9.17) is 0 Å². The quantitative estimate of drug-likeness (QED) is 0.774. The number of hydrogen-bond acceptors (Lipinski definition) is 5. The van der Waals surface area contributed by atoms with Crippen molar-refractivity contribution in [3.63, 3.8) is 0 Å². The molecule has 0 aromatic carbocycles. The molecule has 0 radical (unpaired) electrons. The molecule has 0 aliphatic rings. The summed E-state index contributed by atoms with van der Waals surface area (Å²) in [4.78, 5) is 16.0. The van der Waals surface area contributed by atoms with Gasteiger partial charge in [-0.15, -0.1) is 11.3 Å². The van der Waals surface area contributed by atoms with E-state index < -0.39 is 0 Å². The fourth-order valence-corrected chi connectivity index (χ4v) is 2.48. The minimum absolute atomic E-state index is 0.164. The molecule has 2 aromatic heterocycles. The Morgan fingerprint density at radius 2 is 2.17 bits per heavy atom. The maximum Gasteiger partial charge on any atom is 0.186 e. The first-order chi connectivity index (χ1) is 8.65. The lowest BCUT2D eigenvalue weighted by Gasteiger charge is -2.14. The lowest BCUT2D eigenvalue weighted by atomic mass is 10.2. The van der Waals surface area contributed by atoms with E-state index in [0.29, 0.717) is 13.1 Å². The topological polar surface area (TPSA) is 46.1 Å². The molecule has 0 amide bonds. The van der Waals surface area contributed by atoms with Crippen LogP contribution in [0.1, 0.15) is 20.1 Å². The molecular weight excluding hydrogens is 246 g/mol. The van der Waals surface area contributed by atoms with Crippen molar-refractivity contribution < 1.29 is 4.79 Å². The minimum Gasteiger partial charge on any atom is -0.294 e. The molecule has 0 spiro atoms. The van der Waals surface area contributed by atoms with Crippen LogP contribution in [-0.2, 0) is 6.54 Å². The number of aromatic nitrogens is 2. The predicted octanol–water partition coefficient (Wildman–Crippen LogP) is 2.16. The molecule has 5 heteroatoms. The molecule has 4 nitrogen and oxygen atoms in total. The Balaban J connectivity index is 1.92. The normalized spacial score (nSPS) is 10.8. The van der Waals surface area contributed by atoms with Crippen LogP contribution < -0.4 is 0 Å². The van der Waals surface area contributed by atoms with E-state index in [2.05, 4.69) is 10.2 Å². The average Bonchev–Trinajstić information content (AvgIpc) is 2.77. The van der Waals surface area contributed by atoms with Crippen molar-refractivity contribution in [2.75, 3.05) is 13.6 Å². The number of hydrogen-bond donors (Lipinski definition) is 0. The van der Waals surface area contributed by atoms with Gasteiger partial charge in [-0.25, -0.2) is 0 Å². The fourth-order valence-electron chi connectivity index (χ4n) is 1.69. The van der Waals surface area contributed by atoms with Gasteiger partial charge in [0.1, 0.15) is 0 Å². The van der Waals surface area contributed by atoms with Gasteiger partial charge in [0.2, 0.25) is 0 Å². The molecular formula is C13H15N3OS. The number of aryl methyl sites for hydroxylation is 1. The van der Waals surface area contributed by atoms with Crippen LogP contribution in [0.5, 0.6) is 0 Å². The smallest absolute Gasteiger partial charge is 0.186 e. The summed E-state index contributed by atoms with van der Waals surface area (Å²) < 4.78 is 0. The van der Waals surface area contributed by atoms with Crippen LogP contribution in [0, 0.1) is 6.92 Å². The van der Waals surface area contributed by atoms with Crippen LogP contribution in [0.15, 0.2) is 30.6 Å². The number of carbonyl (C=O) groups excluding carboxylic acids is 1. The van der Waals surface area contributed by atoms with Crippen molar-refractivity contribution in [1.82, 2.24) is 15.1 Å².